The molecule has 0 bridgehead atoms. The van der Waals surface area contributed by atoms with Crippen LogP contribution < -0.4 is 0 Å². The zero-order valence-corrected chi connectivity index (χ0v) is 12.2. The summed E-state index contributed by atoms with van der Waals surface area (Å²) in [5, 5.41) is 0. The molecular formula is C15H31N. The van der Waals surface area contributed by atoms with Crippen LogP contribution in [0.1, 0.15) is 60.8 Å². The second-order valence-electron chi connectivity index (χ2n) is 6.60. The van der Waals surface area contributed by atoms with Crippen LogP contribution in [0.2, 0.25) is 0 Å². The first kappa shape index (κ1) is 14.0. The first-order valence-corrected chi connectivity index (χ1v) is 7.17. The number of hydrogen-bond acceptors (Lipinski definition) is 1. The van der Waals surface area contributed by atoms with E-state index in [4.69, 9.17) is 0 Å². The fourth-order valence-corrected chi connectivity index (χ4v) is 2.55. The van der Waals surface area contributed by atoms with Crippen LogP contribution >= 0.6 is 0 Å². The van der Waals surface area contributed by atoms with Crippen molar-refractivity contribution in [3.8, 4) is 0 Å². The Morgan fingerprint density at radius 3 is 1.94 bits per heavy atom. The zero-order valence-electron chi connectivity index (χ0n) is 12.2. The van der Waals surface area contributed by atoms with Gasteiger partial charge in [0.05, 0.1) is 0 Å². The molecule has 0 saturated heterocycles. The van der Waals surface area contributed by atoms with Crippen molar-refractivity contribution in [2.75, 3.05) is 6.54 Å². The van der Waals surface area contributed by atoms with Crippen molar-refractivity contribution in [2.24, 2.45) is 17.8 Å². The van der Waals surface area contributed by atoms with E-state index in [1.807, 2.05) is 0 Å². The lowest BCUT2D eigenvalue weighted by Gasteiger charge is -2.37. The molecule has 0 aliphatic heterocycles. The van der Waals surface area contributed by atoms with E-state index in [1.165, 1.54) is 25.8 Å². The minimum absolute atomic E-state index is 0.731. The van der Waals surface area contributed by atoms with Gasteiger partial charge in [-0.1, -0.05) is 27.7 Å². The molecular weight excluding hydrogens is 194 g/mol. The number of nitrogens with zero attached hydrogens (tertiary/aromatic N) is 1. The Hall–Kier alpha value is -0.0400. The maximum absolute atomic E-state index is 2.77. The second kappa shape index (κ2) is 6.05. The standard InChI is InChI=1S/C15H31N/c1-11(2)9-13(5)16(10-15-7-8-15)14(6)12(3)4/h11-15H,7-10H2,1-6H3/t13-,14+/m1/s1. The Balaban J connectivity index is 2.53. The molecule has 0 spiro atoms. The van der Waals surface area contributed by atoms with Crippen LogP contribution in [0, 0.1) is 17.8 Å². The van der Waals surface area contributed by atoms with Crippen LogP contribution in [0.15, 0.2) is 0 Å². The molecule has 1 heteroatoms. The molecule has 96 valence electrons. The van der Waals surface area contributed by atoms with Gasteiger partial charge < -0.3 is 0 Å². The van der Waals surface area contributed by atoms with Gasteiger partial charge in [-0.25, -0.2) is 0 Å². The molecule has 1 aliphatic carbocycles. The molecule has 16 heavy (non-hydrogen) atoms. The summed E-state index contributed by atoms with van der Waals surface area (Å²) in [5.41, 5.74) is 0. The van der Waals surface area contributed by atoms with Gasteiger partial charge in [0.15, 0.2) is 0 Å². The van der Waals surface area contributed by atoms with Gasteiger partial charge in [0, 0.05) is 18.6 Å². The van der Waals surface area contributed by atoms with E-state index in [0.29, 0.717) is 0 Å². The van der Waals surface area contributed by atoms with Crippen molar-refractivity contribution in [3.63, 3.8) is 0 Å². The normalized spacial score (nSPS) is 20.8. The summed E-state index contributed by atoms with van der Waals surface area (Å²) in [6.07, 6.45) is 4.27. The molecule has 1 rings (SSSR count). The molecule has 0 aromatic carbocycles. The van der Waals surface area contributed by atoms with Crippen LogP contribution in [0.3, 0.4) is 0 Å². The van der Waals surface area contributed by atoms with Gasteiger partial charge in [0.2, 0.25) is 0 Å². The lowest BCUT2D eigenvalue weighted by Crippen LogP contribution is -2.44. The lowest BCUT2D eigenvalue weighted by molar-refractivity contribution is 0.102. The Morgan fingerprint density at radius 2 is 1.56 bits per heavy atom. The van der Waals surface area contributed by atoms with Crippen molar-refractivity contribution in [3.05, 3.63) is 0 Å². The van der Waals surface area contributed by atoms with Crippen LogP contribution in [0.25, 0.3) is 0 Å². The van der Waals surface area contributed by atoms with Gasteiger partial charge in [0.1, 0.15) is 0 Å². The number of hydrogen-bond donors (Lipinski definition) is 0. The molecule has 0 N–H and O–H groups in total. The molecule has 1 fully saturated rings. The van der Waals surface area contributed by atoms with Gasteiger partial charge >= 0.3 is 0 Å². The van der Waals surface area contributed by atoms with Gasteiger partial charge in [0.25, 0.3) is 0 Å². The summed E-state index contributed by atoms with van der Waals surface area (Å²) < 4.78 is 0. The molecule has 0 unspecified atom stereocenters. The quantitative estimate of drug-likeness (QED) is 0.628. The van der Waals surface area contributed by atoms with Crippen LogP contribution in [0.5, 0.6) is 0 Å². The summed E-state index contributed by atoms with van der Waals surface area (Å²) in [5.74, 6) is 2.60. The minimum Gasteiger partial charge on any atom is -0.297 e. The monoisotopic (exact) mass is 225 g/mol. The molecule has 1 nitrogen and oxygen atoms in total. The van der Waals surface area contributed by atoms with E-state index in [-0.39, 0.29) is 0 Å². The van der Waals surface area contributed by atoms with Crippen LogP contribution in [0.4, 0.5) is 0 Å². The highest BCUT2D eigenvalue weighted by Crippen LogP contribution is 2.32. The fourth-order valence-electron chi connectivity index (χ4n) is 2.55. The van der Waals surface area contributed by atoms with Crippen molar-refractivity contribution in [1.82, 2.24) is 4.90 Å². The van der Waals surface area contributed by atoms with Gasteiger partial charge in [-0.3, -0.25) is 4.90 Å². The molecule has 0 radical (unpaired) electrons. The molecule has 1 saturated carbocycles. The highest BCUT2D eigenvalue weighted by atomic mass is 15.2. The van der Waals surface area contributed by atoms with Crippen LogP contribution in [-0.4, -0.2) is 23.5 Å². The summed E-state index contributed by atoms with van der Waals surface area (Å²) in [6.45, 7) is 15.6. The topological polar surface area (TPSA) is 3.24 Å². The van der Waals surface area contributed by atoms with E-state index in [9.17, 15) is 0 Å². The molecule has 0 aromatic heterocycles. The highest BCUT2D eigenvalue weighted by molar-refractivity contribution is 4.84. The van der Waals surface area contributed by atoms with Gasteiger partial charge in [-0.15, -0.1) is 0 Å². The maximum Gasteiger partial charge on any atom is 0.00928 e. The first-order valence-electron chi connectivity index (χ1n) is 7.17. The van der Waals surface area contributed by atoms with Gasteiger partial charge in [-0.05, 0) is 50.9 Å². The average Bonchev–Trinajstić information content (AvgIpc) is 2.95. The average molecular weight is 225 g/mol. The van der Waals surface area contributed by atoms with E-state index in [1.54, 1.807) is 0 Å². The molecule has 2 atom stereocenters. The van der Waals surface area contributed by atoms with Gasteiger partial charge in [-0.2, -0.15) is 0 Å². The molecule has 0 amide bonds. The maximum atomic E-state index is 2.77. The smallest absolute Gasteiger partial charge is 0.00928 e. The summed E-state index contributed by atoms with van der Waals surface area (Å²) in [4.78, 5) is 2.77. The molecule has 0 heterocycles. The predicted octanol–water partition coefficient (Wildman–Crippen LogP) is 4.18. The third-order valence-corrected chi connectivity index (χ3v) is 4.03. The SMILES string of the molecule is CC(C)C[C@@H](C)N(CC1CC1)[C@@H](C)C(C)C. The Kier molecular flexibility index (Phi) is 5.30. The fraction of sp³-hybridized carbons (Fsp3) is 1.00. The zero-order chi connectivity index (χ0) is 12.3. The van der Waals surface area contributed by atoms with Crippen molar-refractivity contribution in [2.45, 2.75) is 72.9 Å². The third kappa shape index (κ3) is 4.45. The largest absolute Gasteiger partial charge is 0.297 e. The van der Waals surface area contributed by atoms with E-state index in [2.05, 4.69) is 46.4 Å². The minimum atomic E-state index is 0.731. The van der Waals surface area contributed by atoms with E-state index < -0.39 is 0 Å². The predicted molar refractivity (Wildman–Crippen MR) is 72.6 cm³/mol. The van der Waals surface area contributed by atoms with Crippen molar-refractivity contribution < 1.29 is 0 Å². The van der Waals surface area contributed by atoms with E-state index >= 15 is 0 Å². The van der Waals surface area contributed by atoms with Crippen LogP contribution in [-0.2, 0) is 0 Å². The lowest BCUT2D eigenvalue weighted by atomic mass is 9.98. The Bertz CT molecular complexity index is 194. The van der Waals surface area contributed by atoms with Crippen molar-refractivity contribution in [1.29, 1.82) is 0 Å². The van der Waals surface area contributed by atoms with Crippen molar-refractivity contribution >= 4 is 0 Å². The summed E-state index contributed by atoms with van der Waals surface area (Å²) >= 11 is 0. The third-order valence-electron chi connectivity index (χ3n) is 4.03. The Labute approximate surface area is 103 Å². The Morgan fingerprint density at radius 1 is 1.00 bits per heavy atom. The molecule has 0 aromatic rings. The number of rotatable bonds is 7. The highest BCUT2D eigenvalue weighted by Gasteiger charge is 2.30. The summed E-state index contributed by atoms with van der Waals surface area (Å²) in [6, 6.07) is 1.48. The second-order valence-corrected chi connectivity index (χ2v) is 6.60. The molecule has 1 aliphatic rings. The van der Waals surface area contributed by atoms with E-state index in [0.717, 1.165) is 29.8 Å². The summed E-state index contributed by atoms with van der Waals surface area (Å²) in [7, 11) is 0. The first-order chi connectivity index (χ1) is 7.41.